The maximum Gasteiger partial charge on any atom is 0.243 e. The van der Waals surface area contributed by atoms with Crippen LogP contribution in [0.3, 0.4) is 0 Å². The summed E-state index contributed by atoms with van der Waals surface area (Å²) >= 11 is 0. The Labute approximate surface area is 161 Å². The Balaban J connectivity index is 1.67. The maximum atomic E-state index is 13.0. The lowest BCUT2D eigenvalue weighted by atomic mass is 9.98. The van der Waals surface area contributed by atoms with Crippen LogP contribution in [0.2, 0.25) is 0 Å². The molecule has 3 rings (SSSR count). The van der Waals surface area contributed by atoms with Gasteiger partial charge in [0.15, 0.2) is 0 Å². The molecule has 2 fully saturated rings. The quantitative estimate of drug-likeness (QED) is 0.751. The number of nitrogens with zero attached hydrogens (tertiary/aromatic N) is 3. The van der Waals surface area contributed by atoms with Gasteiger partial charge in [0.05, 0.1) is 17.9 Å². The van der Waals surface area contributed by atoms with Crippen molar-refractivity contribution in [3.05, 3.63) is 24.3 Å². The molecule has 2 aliphatic rings. The summed E-state index contributed by atoms with van der Waals surface area (Å²) in [6, 6.07) is 6.41. The first-order valence-electron chi connectivity index (χ1n) is 9.61. The van der Waals surface area contributed by atoms with Crippen LogP contribution < -0.4 is 4.74 Å². The lowest BCUT2D eigenvalue weighted by Crippen LogP contribution is -2.52. The van der Waals surface area contributed by atoms with Gasteiger partial charge in [-0.1, -0.05) is 6.92 Å². The van der Waals surface area contributed by atoms with Gasteiger partial charge in [0, 0.05) is 39.3 Å². The standard InChI is InChI=1S/C19H29N3O4S/c1-3-20-11-13-21(14-12-20)19(23)16-5-4-10-22(15-16)27(24,25)18-8-6-17(26-2)7-9-18/h6-9,16H,3-5,10-15H2,1-2H3/t16-/m0/s1. The maximum absolute atomic E-state index is 13.0. The van der Waals surface area contributed by atoms with Crippen molar-refractivity contribution < 1.29 is 17.9 Å². The van der Waals surface area contributed by atoms with E-state index in [-0.39, 0.29) is 23.3 Å². The van der Waals surface area contributed by atoms with E-state index in [4.69, 9.17) is 4.74 Å². The van der Waals surface area contributed by atoms with Gasteiger partial charge >= 0.3 is 0 Å². The summed E-state index contributed by atoms with van der Waals surface area (Å²) in [6.07, 6.45) is 1.46. The molecule has 1 amide bonds. The Bertz CT molecular complexity index is 743. The Morgan fingerprint density at radius 1 is 1.11 bits per heavy atom. The monoisotopic (exact) mass is 395 g/mol. The SMILES string of the molecule is CCN1CCN(C(=O)[C@H]2CCCN(S(=O)(=O)c3ccc(OC)cc3)C2)CC1. The molecule has 1 atom stereocenters. The zero-order chi connectivity index (χ0) is 19.4. The fourth-order valence-corrected chi connectivity index (χ4v) is 5.33. The van der Waals surface area contributed by atoms with Crippen LogP contribution in [0.4, 0.5) is 0 Å². The van der Waals surface area contributed by atoms with E-state index in [0.29, 0.717) is 18.7 Å². The van der Waals surface area contributed by atoms with Crippen molar-refractivity contribution >= 4 is 15.9 Å². The number of piperazine rings is 1. The summed E-state index contributed by atoms with van der Waals surface area (Å²) in [6.45, 7) is 7.09. The van der Waals surface area contributed by atoms with Crippen LogP contribution in [-0.4, -0.2) is 81.4 Å². The van der Waals surface area contributed by atoms with Crippen molar-refractivity contribution in [1.29, 1.82) is 0 Å². The molecule has 150 valence electrons. The number of sulfonamides is 1. The average molecular weight is 396 g/mol. The number of methoxy groups -OCH3 is 1. The van der Waals surface area contributed by atoms with E-state index >= 15 is 0 Å². The Morgan fingerprint density at radius 3 is 2.37 bits per heavy atom. The molecule has 0 aliphatic carbocycles. The fraction of sp³-hybridized carbons (Fsp3) is 0.632. The van der Waals surface area contributed by atoms with Crippen LogP contribution in [0.5, 0.6) is 5.75 Å². The third-order valence-corrected chi connectivity index (χ3v) is 7.44. The number of piperidine rings is 1. The van der Waals surface area contributed by atoms with Crippen molar-refractivity contribution in [2.24, 2.45) is 5.92 Å². The molecule has 2 saturated heterocycles. The minimum absolute atomic E-state index is 0.0976. The van der Waals surface area contributed by atoms with Gasteiger partial charge in [-0.05, 0) is 43.7 Å². The van der Waals surface area contributed by atoms with Crippen LogP contribution in [-0.2, 0) is 14.8 Å². The predicted octanol–water partition coefficient (Wildman–Crippen LogP) is 1.26. The molecular formula is C19H29N3O4S. The second-order valence-electron chi connectivity index (χ2n) is 7.14. The number of hydrogen-bond donors (Lipinski definition) is 0. The smallest absolute Gasteiger partial charge is 0.243 e. The van der Waals surface area contributed by atoms with Crippen molar-refractivity contribution in [3.8, 4) is 5.75 Å². The van der Waals surface area contributed by atoms with Crippen LogP contribution in [0.15, 0.2) is 29.2 Å². The Hall–Kier alpha value is -1.64. The van der Waals surface area contributed by atoms with Crippen molar-refractivity contribution in [3.63, 3.8) is 0 Å². The van der Waals surface area contributed by atoms with E-state index in [0.717, 1.165) is 39.1 Å². The summed E-state index contributed by atoms with van der Waals surface area (Å²) in [5.41, 5.74) is 0. The van der Waals surface area contributed by atoms with Crippen LogP contribution in [0, 0.1) is 5.92 Å². The Kier molecular flexibility index (Phi) is 6.39. The number of carbonyl (C=O) groups is 1. The second-order valence-corrected chi connectivity index (χ2v) is 9.08. The number of amides is 1. The van der Waals surface area contributed by atoms with Crippen molar-refractivity contribution in [2.45, 2.75) is 24.7 Å². The second kappa shape index (κ2) is 8.58. The molecule has 2 aliphatic heterocycles. The van der Waals surface area contributed by atoms with Gasteiger partial charge in [-0.25, -0.2) is 8.42 Å². The average Bonchev–Trinajstić information content (AvgIpc) is 2.73. The fourth-order valence-electron chi connectivity index (χ4n) is 3.80. The summed E-state index contributed by atoms with van der Waals surface area (Å²) in [5.74, 6) is 0.465. The summed E-state index contributed by atoms with van der Waals surface area (Å²) in [7, 11) is -2.05. The van der Waals surface area contributed by atoms with E-state index < -0.39 is 10.0 Å². The van der Waals surface area contributed by atoms with E-state index in [9.17, 15) is 13.2 Å². The number of carbonyl (C=O) groups excluding carboxylic acids is 1. The molecule has 2 heterocycles. The molecule has 0 spiro atoms. The van der Waals surface area contributed by atoms with Gasteiger partial charge < -0.3 is 14.5 Å². The molecule has 27 heavy (non-hydrogen) atoms. The lowest BCUT2D eigenvalue weighted by molar-refractivity contribution is -0.138. The topological polar surface area (TPSA) is 70.2 Å². The highest BCUT2D eigenvalue weighted by molar-refractivity contribution is 7.89. The minimum atomic E-state index is -3.60. The summed E-state index contributed by atoms with van der Waals surface area (Å²) in [4.78, 5) is 17.4. The normalized spacial score (nSPS) is 22.6. The molecular weight excluding hydrogens is 366 g/mol. The number of ether oxygens (including phenoxy) is 1. The van der Waals surface area contributed by atoms with Crippen LogP contribution in [0.25, 0.3) is 0 Å². The van der Waals surface area contributed by atoms with Gasteiger partial charge in [-0.2, -0.15) is 4.31 Å². The third-order valence-electron chi connectivity index (χ3n) is 5.56. The highest BCUT2D eigenvalue weighted by Crippen LogP contribution is 2.26. The van der Waals surface area contributed by atoms with E-state index in [1.807, 2.05) is 4.90 Å². The predicted molar refractivity (Wildman–Crippen MR) is 103 cm³/mol. The highest BCUT2D eigenvalue weighted by atomic mass is 32.2. The molecule has 0 aromatic heterocycles. The molecule has 0 saturated carbocycles. The van der Waals surface area contributed by atoms with E-state index in [1.54, 1.807) is 31.4 Å². The summed E-state index contributed by atoms with van der Waals surface area (Å²) < 4.78 is 32.5. The van der Waals surface area contributed by atoms with E-state index in [2.05, 4.69) is 11.8 Å². The number of likely N-dealkylation sites (N-methyl/N-ethyl adjacent to an activating group) is 1. The first kappa shape index (κ1) is 20.1. The van der Waals surface area contributed by atoms with Gasteiger partial charge in [0.2, 0.25) is 15.9 Å². The minimum Gasteiger partial charge on any atom is -0.497 e. The molecule has 8 heteroatoms. The Morgan fingerprint density at radius 2 is 1.78 bits per heavy atom. The lowest BCUT2D eigenvalue weighted by Gasteiger charge is -2.38. The third kappa shape index (κ3) is 4.44. The van der Waals surface area contributed by atoms with Crippen molar-refractivity contribution in [1.82, 2.24) is 14.1 Å². The molecule has 0 unspecified atom stereocenters. The zero-order valence-electron chi connectivity index (χ0n) is 16.1. The molecule has 1 aromatic rings. The van der Waals surface area contributed by atoms with Gasteiger partial charge in [0.25, 0.3) is 0 Å². The highest BCUT2D eigenvalue weighted by Gasteiger charge is 2.35. The number of hydrogen-bond acceptors (Lipinski definition) is 5. The van der Waals surface area contributed by atoms with Gasteiger partial charge in [-0.3, -0.25) is 4.79 Å². The van der Waals surface area contributed by atoms with Gasteiger partial charge in [0.1, 0.15) is 5.75 Å². The van der Waals surface area contributed by atoms with Gasteiger partial charge in [-0.15, -0.1) is 0 Å². The van der Waals surface area contributed by atoms with Crippen LogP contribution >= 0.6 is 0 Å². The molecule has 0 N–H and O–H groups in total. The van der Waals surface area contributed by atoms with Crippen LogP contribution in [0.1, 0.15) is 19.8 Å². The first-order chi connectivity index (χ1) is 13.0. The summed E-state index contributed by atoms with van der Waals surface area (Å²) in [5, 5.41) is 0. The molecule has 1 aromatic carbocycles. The molecule has 0 bridgehead atoms. The first-order valence-corrected chi connectivity index (χ1v) is 11.0. The molecule has 0 radical (unpaired) electrons. The zero-order valence-corrected chi connectivity index (χ0v) is 17.0. The van der Waals surface area contributed by atoms with E-state index in [1.165, 1.54) is 4.31 Å². The number of rotatable bonds is 5. The number of benzene rings is 1. The van der Waals surface area contributed by atoms with Crippen molar-refractivity contribution in [2.75, 3.05) is 52.9 Å². The molecule has 7 nitrogen and oxygen atoms in total. The largest absolute Gasteiger partial charge is 0.497 e.